The van der Waals surface area contributed by atoms with Crippen LogP contribution in [0, 0.1) is 6.92 Å². The normalized spacial score (nSPS) is 17.0. The number of methoxy groups -OCH3 is 3. The lowest BCUT2D eigenvalue weighted by Crippen LogP contribution is -2.50. The number of carbonyl (C=O) groups excluding carboxylic acids is 1. The number of para-hydroxylation sites is 1. The molecule has 1 fully saturated rings. The van der Waals surface area contributed by atoms with E-state index in [4.69, 9.17) is 18.6 Å². The number of aromatic nitrogens is 3. The third-order valence-corrected chi connectivity index (χ3v) is 8.80. The monoisotopic (exact) mass is 546 g/mol. The first-order chi connectivity index (χ1) is 18.2. The Labute approximate surface area is 222 Å². The fourth-order valence-corrected chi connectivity index (χ4v) is 5.95. The molecule has 0 saturated carbocycles. The zero-order chi connectivity index (χ0) is 27.4. The molecule has 4 rings (SSSR count). The van der Waals surface area contributed by atoms with Crippen molar-refractivity contribution in [3.05, 3.63) is 41.9 Å². The van der Waals surface area contributed by atoms with Gasteiger partial charge in [0, 0.05) is 20.1 Å². The van der Waals surface area contributed by atoms with E-state index in [9.17, 15) is 13.2 Å². The molecule has 1 aromatic carbocycles. The summed E-state index contributed by atoms with van der Waals surface area (Å²) in [4.78, 5) is 14.3. The van der Waals surface area contributed by atoms with Gasteiger partial charge in [0.2, 0.25) is 11.7 Å². The average molecular weight is 547 g/mol. The van der Waals surface area contributed by atoms with Gasteiger partial charge in [-0.25, -0.2) is 8.42 Å². The Kier molecular flexibility index (Phi) is 8.41. The highest BCUT2D eigenvalue weighted by molar-refractivity contribution is 7.91. The molecular formula is C26H34N4O7S. The number of rotatable bonds is 11. The predicted octanol–water partition coefficient (Wildman–Crippen LogP) is 3.18. The number of furan rings is 1. The lowest BCUT2D eigenvalue weighted by Gasteiger charge is -2.36. The molecule has 3 aromatic rings. The Balaban J connectivity index is 1.73. The van der Waals surface area contributed by atoms with Crippen molar-refractivity contribution in [1.29, 1.82) is 0 Å². The van der Waals surface area contributed by atoms with Crippen LogP contribution >= 0.6 is 0 Å². The van der Waals surface area contributed by atoms with Crippen molar-refractivity contribution >= 4 is 15.7 Å². The van der Waals surface area contributed by atoms with Gasteiger partial charge in [-0.15, -0.1) is 10.2 Å². The summed E-state index contributed by atoms with van der Waals surface area (Å²) >= 11 is 0. The molecule has 3 heterocycles. The summed E-state index contributed by atoms with van der Waals surface area (Å²) in [5.74, 6) is 1.98. The van der Waals surface area contributed by atoms with E-state index >= 15 is 0 Å². The van der Waals surface area contributed by atoms with Crippen LogP contribution in [0.1, 0.15) is 37.8 Å². The highest BCUT2D eigenvalue weighted by Gasteiger charge is 2.34. The number of sulfone groups is 1. The largest absolute Gasteiger partial charge is 0.494 e. The van der Waals surface area contributed by atoms with Gasteiger partial charge in [-0.05, 0) is 51.0 Å². The van der Waals surface area contributed by atoms with Gasteiger partial charge in [-0.2, -0.15) is 0 Å². The maximum atomic E-state index is 13.7. The van der Waals surface area contributed by atoms with Gasteiger partial charge < -0.3 is 23.5 Å². The molecule has 1 amide bonds. The zero-order valence-corrected chi connectivity index (χ0v) is 23.2. The minimum atomic E-state index is -3.78. The van der Waals surface area contributed by atoms with Crippen LogP contribution < -0.4 is 9.47 Å². The van der Waals surface area contributed by atoms with E-state index in [1.165, 1.54) is 14.2 Å². The Morgan fingerprint density at radius 3 is 2.42 bits per heavy atom. The smallest absolute Gasteiger partial charge is 0.222 e. The van der Waals surface area contributed by atoms with Gasteiger partial charge in [0.25, 0.3) is 0 Å². The summed E-state index contributed by atoms with van der Waals surface area (Å²) in [6.45, 7) is 3.86. The van der Waals surface area contributed by atoms with Crippen molar-refractivity contribution < 1.29 is 31.8 Å². The third kappa shape index (κ3) is 5.56. The van der Waals surface area contributed by atoms with Crippen molar-refractivity contribution in [3.63, 3.8) is 0 Å². The maximum Gasteiger partial charge on any atom is 0.222 e. The molecule has 11 nitrogen and oxygen atoms in total. The summed E-state index contributed by atoms with van der Waals surface area (Å²) in [5.41, 5.74) is 0.454. The number of amides is 1. The molecule has 0 spiro atoms. The minimum Gasteiger partial charge on any atom is -0.494 e. The molecule has 0 aliphatic carbocycles. The first kappa shape index (κ1) is 27.6. The van der Waals surface area contributed by atoms with Crippen molar-refractivity contribution in [2.24, 2.45) is 0 Å². The highest BCUT2D eigenvalue weighted by atomic mass is 32.2. The molecule has 2 aromatic heterocycles. The molecule has 206 valence electrons. The van der Waals surface area contributed by atoms with Crippen LogP contribution in [0.2, 0.25) is 0 Å². The van der Waals surface area contributed by atoms with Gasteiger partial charge in [0.05, 0.1) is 32.1 Å². The molecular weight excluding hydrogens is 512 g/mol. The highest BCUT2D eigenvalue weighted by Crippen LogP contribution is 2.37. The van der Waals surface area contributed by atoms with E-state index in [1.54, 1.807) is 60.8 Å². The van der Waals surface area contributed by atoms with E-state index in [-0.39, 0.29) is 24.3 Å². The number of piperidine rings is 1. The van der Waals surface area contributed by atoms with Crippen LogP contribution in [0.3, 0.4) is 0 Å². The molecule has 12 heteroatoms. The summed E-state index contributed by atoms with van der Waals surface area (Å²) < 4.78 is 51.2. The van der Waals surface area contributed by atoms with Gasteiger partial charge in [0.15, 0.2) is 21.4 Å². The van der Waals surface area contributed by atoms with Gasteiger partial charge >= 0.3 is 0 Å². The number of aryl methyl sites for hydroxylation is 1. The van der Waals surface area contributed by atoms with Crippen LogP contribution in [0.15, 0.2) is 34.7 Å². The molecule has 1 aliphatic rings. The number of ether oxygens (including phenoxy) is 3. The Morgan fingerprint density at radius 2 is 1.82 bits per heavy atom. The standard InChI is InChI=1S/C26H34N4O7S/c1-17-12-13-22(37-17)26-28-27-23(30(26)25-20(35-4)9-7-10-21(25)36-5)16-38(32,33)18(2)14-29-19(15-34-3)8-6-11-24(29)31/h7,9-10,12-13,18-19H,6,8,11,14-16H2,1-5H3/t18-,19-/m0/s1. The summed E-state index contributed by atoms with van der Waals surface area (Å²) in [5, 5.41) is 7.72. The zero-order valence-electron chi connectivity index (χ0n) is 22.3. The number of hydrogen-bond donors (Lipinski definition) is 0. The van der Waals surface area contributed by atoms with Gasteiger partial charge in [-0.1, -0.05) is 6.07 Å². The van der Waals surface area contributed by atoms with Crippen molar-refractivity contribution in [2.45, 2.75) is 50.2 Å². The molecule has 1 aliphatic heterocycles. The van der Waals surface area contributed by atoms with Crippen LogP contribution in [-0.4, -0.2) is 79.8 Å². The maximum absolute atomic E-state index is 13.7. The summed E-state index contributed by atoms with van der Waals surface area (Å²) in [6.07, 6.45) is 1.95. The lowest BCUT2D eigenvalue weighted by atomic mass is 10.0. The van der Waals surface area contributed by atoms with Crippen LogP contribution in [-0.2, 0) is 25.1 Å². The van der Waals surface area contributed by atoms with E-state index < -0.39 is 20.8 Å². The molecule has 0 bridgehead atoms. The average Bonchev–Trinajstić information content (AvgIpc) is 3.50. The van der Waals surface area contributed by atoms with Gasteiger partial charge in [0.1, 0.15) is 28.7 Å². The van der Waals surface area contributed by atoms with Crippen LogP contribution in [0.25, 0.3) is 17.3 Å². The summed E-state index contributed by atoms with van der Waals surface area (Å²) in [6, 6.07) is 8.65. The lowest BCUT2D eigenvalue weighted by molar-refractivity contribution is -0.137. The van der Waals surface area contributed by atoms with Crippen LogP contribution in [0.4, 0.5) is 0 Å². The van der Waals surface area contributed by atoms with Crippen molar-refractivity contribution in [2.75, 3.05) is 34.5 Å². The Hall–Kier alpha value is -3.38. The van der Waals surface area contributed by atoms with E-state index in [0.717, 1.165) is 12.8 Å². The van der Waals surface area contributed by atoms with E-state index in [1.807, 2.05) is 0 Å². The van der Waals surface area contributed by atoms with Crippen molar-refractivity contribution in [1.82, 2.24) is 19.7 Å². The van der Waals surface area contributed by atoms with Crippen molar-refractivity contribution in [3.8, 4) is 28.8 Å². The van der Waals surface area contributed by atoms with Crippen LogP contribution in [0.5, 0.6) is 11.5 Å². The second kappa shape index (κ2) is 11.6. The quantitative estimate of drug-likeness (QED) is 0.356. The topological polar surface area (TPSA) is 126 Å². The molecule has 0 radical (unpaired) electrons. The second-order valence-electron chi connectivity index (χ2n) is 9.36. The molecule has 1 saturated heterocycles. The number of carbonyl (C=O) groups is 1. The first-order valence-electron chi connectivity index (χ1n) is 12.4. The number of nitrogens with zero attached hydrogens (tertiary/aromatic N) is 4. The third-order valence-electron chi connectivity index (χ3n) is 6.76. The number of benzene rings is 1. The molecule has 0 unspecified atom stereocenters. The molecule has 0 N–H and O–H groups in total. The van der Waals surface area contributed by atoms with E-state index in [0.29, 0.717) is 47.6 Å². The molecule has 38 heavy (non-hydrogen) atoms. The Morgan fingerprint density at radius 1 is 1.11 bits per heavy atom. The fourth-order valence-electron chi connectivity index (χ4n) is 4.73. The number of likely N-dealkylation sites (tertiary alicyclic amines) is 1. The minimum absolute atomic E-state index is 0.0576. The first-order valence-corrected chi connectivity index (χ1v) is 14.1. The second-order valence-corrected chi connectivity index (χ2v) is 11.8. The Bertz CT molecular complexity index is 1360. The SMILES string of the molecule is COC[C@@H]1CCCC(=O)N1C[C@H](C)S(=O)(=O)Cc1nnc(-c2ccc(C)o2)n1-c1c(OC)cccc1OC. The summed E-state index contributed by atoms with van der Waals surface area (Å²) in [7, 11) is 0.835. The van der Waals surface area contributed by atoms with Gasteiger partial charge in [-0.3, -0.25) is 9.36 Å². The number of hydrogen-bond acceptors (Lipinski definition) is 9. The fraction of sp³-hybridized carbons (Fsp3) is 0.500. The molecule has 2 atom stereocenters. The predicted molar refractivity (Wildman–Crippen MR) is 140 cm³/mol. The van der Waals surface area contributed by atoms with E-state index in [2.05, 4.69) is 10.2 Å².